The summed E-state index contributed by atoms with van der Waals surface area (Å²) in [5, 5.41) is 36.9. The molecule has 78 valence electrons. The molecular formula is C10H14O4. The number of phenolic OH excluding ortho intramolecular Hbond substituents is 1. The van der Waals surface area contributed by atoms with E-state index >= 15 is 0 Å². The normalized spacial score (nSPS) is 15.1. The topological polar surface area (TPSA) is 80.9 Å². The van der Waals surface area contributed by atoms with Crippen LogP contribution in [0.5, 0.6) is 5.75 Å². The molecule has 4 nitrogen and oxygen atoms in total. The van der Waals surface area contributed by atoms with E-state index < -0.39 is 18.8 Å². The predicted octanol–water partition coefficient (Wildman–Crippen LogP) is 0.0872. The van der Waals surface area contributed by atoms with Gasteiger partial charge in [0, 0.05) is 5.56 Å². The second-order valence-electron chi connectivity index (χ2n) is 3.20. The van der Waals surface area contributed by atoms with Gasteiger partial charge in [0.1, 0.15) is 18.0 Å². The summed E-state index contributed by atoms with van der Waals surface area (Å²) < 4.78 is 0. The van der Waals surface area contributed by atoms with Crippen LogP contribution in [0.4, 0.5) is 0 Å². The third-order valence-electron chi connectivity index (χ3n) is 2.15. The number of aryl methyl sites for hydroxylation is 1. The molecule has 0 spiro atoms. The van der Waals surface area contributed by atoms with Gasteiger partial charge in [0.25, 0.3) is 0 Å². The summed E-state index contributed by atoms with van der Waals surface area (Å²) in [6.07, 6.45) is -2.54. The van der Waals surface area contributed by atoms with E-state index in [0.717, 1.165) is 0 Å². The van der Waals surface area contributed by atoms with Gasteiger partial charge in [0.15, 0.2) is 0 Å². The lowest BCUT2D eigenvalue weighted by Gasteiger charge is -2.18. The summed E-state index contributed by atoms with van der Waals surface area (Å²) in [6.45, 7) is 1.16. The van der Waals surface area contributed by atoms with Gasteiger partial charge in [-0.1, -0.05) is 12.1 Å². The molecule has 1 rings (SSSR count). The van der Waals surface area contributed by atoms with E-state index in [4.69, 9.17) is 5.11 Å². The molecule has 0 aliphatic carbocycles. The minimum absolute atomic E-state index is 0.0787. The van der Waals surface area contributed by atoms with Crippen LogP contribution in [0.2, 0.25) is 0 Å². The number of aliphatic hydroxyl groups is 3. The van der Waals surface area contributed by atoms with Gasteiger partial charge in [-0.3, -0.25) is 0 Å². The average Bonchev–Trinajstić information content (AvgIpc) is 2.16. The highest BCUT2D eigenvalue weighted by Crippen LogP contribution is 2.29. The molecular weight excluding hydrogens is 184 g/mol. The molecule has 0 saturated carbocycles. The number of aromatic hydroxyl groups is 1. The van der Waals surface area contributed by atoms with Crippen LogP contribution in [-0.4, -0.2) is 33.1 Å². The number of hydrogen-bond donors (Lipinski definition) is 4. The molecule has 0 amide bonds. The molecule has 0 fully saturated rings. The third kappa shape index (κ3) is 2.04. The lowest BCUT2D eigenvalue weighted by atomic mass is 9.99. The summed E-state index contributed by atoms with van der Waals surface area (Å²) >= 11 is 0. The number of phenols is 1. The molecule has 1 aromatic carbocycles. The van der Waals surface area contributed by atoms with Crippen LogP contribution in [0.1, 0.15) is 17.2 Å². The summed E-state index contributed by atoms with van der Waals surface area (Å²) in [6, 6.07) is 4.78. The minimum atomic E-state index is -1.28. The van der Waals surface area contributed by atoms with Gasteiger partial charge in [0.05, 0.1) is 6.61 Å². The first-order valence-corrected chi connectivity index (χ1v) is 4.33. The number of hydrogen-bond acceptors (Lipinski definition) is 4. The molecule has 0 aliphatic rings. The number of aliphatic hydroxyl groups excluding tert-OH is 3. The Kier molecular flexibility index (Phi) is 3.46. The van der Waals surface area contributed by atoms with Crippen molar-refractivity contribution in [2.45, 2.75) is 19.1 Å². The van der Waals surface area contributed by atoms with E-state index in [9.17, 15) is 15.3 Å². The zero-order chi connectivity index (χ0) is 10.7. The Morgan fingerprint density at radius 3 is 2.43 bits per heavy atom. The van der Waals surface area contributed by atoms with Crippen molar-refractivity contribution >= 4 is 0 Å². The third-order valence-corrected chi connectivity index (χ3v) is 2.15. The molecule has 0 aliphatic heterocycles. The summed E-state index contributed by atoms with van der Waals surface area (Å²) in [4.78, 5) is 0. The van der Waals surface area contributed by atoms with Gasteiger partial charge in [-0.2, -0.15) is 0 Å². The zero-order valence-electron chi connectivity index (χ0n) is 7.88. The molecule has 0 heterocycles. The van der Waals surface area contributed by atoms with E-state index in [1.807, 2.05) is 0 Å². The van der Waals surface area contributed by atoms with Crippen molar-refractivity contribution in [3.8, 4) is 5.75 Å². The molecule has 0 aromatic heterocycles. The van der Waals surface area contributed by atoms with E-state index in [1.54, 1.807) is 19.1 Å². The van der Waals surface area contributed by atoms with Crippen molar-refractivity contribution in [3.05, 3.63) is 29.3 Å². The highest BCUT2D eigenvalue weighted by atomic mass is 16.4. The smallest absolute Gasteiger partial charge is 0.121 e. The van der Waals surface area contributed by atoms with Crippen LogP contribution < -0.4 is 0 Å². The molecule has 0 bridgehead atoms. The molecule has 0 saturated heterocycles. The van der Waals surface area contributed by atoms with Gasteiger partial charge in [-0.05, 0) is 18.6 Å². The maximum absolute atomic E-state index is 9.58. The van der Waals surface area contributed by atoms with Gasteiger partial charge in [0.2, 0.25) is 0 Å². The Labute approximate surface area is 82.1 Å². The van der Waals surface area contributed by atoms with Crippen LogP contribution in [0.15, 0.2) is 18.2 Å². The fourth-order valence-corrected chi connectivity index (χ4v) is 1.34. The van der Waals surface area contributed by atoms with E-state index in [2.05, 4.69) is 0 Å². The Bertz CT molecular complexity index is 291. The molecule has 2 atom stereocenters. The monoisotopic (exact) mass is 198 g/mol. The molecule has 4 heteroatoms. The van der Waals surface area contributed by atoms with Crippen molar-refractivity contribution in [2.24, 2.45) is 0 Å². The van der Waals surface area contributed by atoms with Crippen LogP contribution in [-0.2, 0) is 0 Å². The molecule has 0 radical (unpaired) electrons. The maximum Gasteiger partial charge on any atom is 0.121 e. The molecule has 2 unspecified atom stereocenters. The van der Waals surface area contributed by atoms with Crippen molar-refractivity contribution in [3.63, 3.8) is 0 Å². The highest BCUT2D eigenvalue weighted by Gasteiger charge is 2.21. The summed E-state index contributed by atoms with van der Waals surface area (Å²) in [5.74, 6) is -0.0787. The Morgan fingerprint density at radius 2 is 1.93 bits per heavy atom. The molecule has 1 aromatic rings. The van der Waals surface area contributed by atoms with Gasteiger partial charge < -0.3 is 20.4 Å². The van der Waals surface area contributed by atoms with Crippen molar-refractivity contribution in [1.82, 2.24) is 0 Å². The Hall–Kier alpha value is -1.10. The fourth-order valence-electron chi connectivity index (χ4n) is 1.34. The van der Waals surface area contributed by atoms with Gasteiger partial charge in [-0.25, -0.2) is 0 Å². The number of rotatable bonds is 3. The molecule has 4 N–H and O–H groups in total. The van der Waals surface area contributed by atoms with Gasteiger partial charge in [-0.15, -0.1) is 0 Å². The quantitative estimate of drug-likeness (QED) is 0.554. The first kappa shape index (κ1) is 11.0. The second-order valence-corrected chi connectivity index (χ2v) is 3.20. The van der Waals surface area contributed by atoms with Crippen molar-refractivity contribution < 1.29 is 20.4 Å². The molecule has 14 heavy (non-hydrogen) atoms. The van der Waals surface area contributed by atoms with Gasteiger partial charge >= 0.3 is 0 Å². The highest BCUT2D eigenvalue weighted by molar-refractivity contribution is 5.40. The van der Waals surface area contributed by atoms with Crippen LogP contribution in [0, 0.1) is 6.92 Å². The first-order valence-electron chi connectivity index (χ1n) is 4.33. The second kappa shape index (κ2) is 4.41. The van der Waals surface area contributed by atoms with Crippen LogP contribution in [0.3, 0.4) is 0 Å². The lowest BCUT2D eigenvalue weighted by Crippen LogP contribution is -2.22. The minimum Gasteiger partial charge on any atom is -0.508 e. The lowest BCUT2D eigenvalue weighted by molar-refractivity contribution is -0.0165. The first-order chi connectivity index (χ1) is 6.57. The standard InChI is InChI=1S/C10H14O4/c1-6-3-2-4-7(12)9(6)10(14)8(13)5-11/h2-4,8,10-14H,5H2,1H3. The zero-order valence-corrected chi connectivity index (χ0v) is 7.88. The van der Waals surface area contributed by atoms with E-state index in [1.165, 1.54) is 6.07 Å². The Morgan fingerprint density at radius 1 is 1.29 bits per heavy atom. The van der Waals surface area contributed by atoms with E-state index in [0.29, 0.717) is 5.56 Å². The summed E-state index contributed by atoms with van der Waals surface area (Å²) in [5.41, 5.74) is 0.930. The SMILES string of the molecule is Cc1cccc(O)c1C(O)C(O)CO. The average molecular weight is 198 g/mol. The summed E-state index contributed by atoms with van der Waals surface area (Å²) in [7, 11) is 0. The van der Waals surface area contributed by atoms with E-state index in [-0.39, 0.29) is 11.3 Å². The van der Waals surface area contributed by atoms with Crippen molar-refractivity contribution in [2.75, 3.05) is 6.61 Å². The number of benzene rings is 1. The van der Waals surface area contributed by atoms with Crippen LogP contribution in [0.25, 0.3) is 0 Å². The fraction of sp³-hybridized carbons (Fsp3) is 0.400. The predicted molar refractivity (Wildman–Crippen MR) is 50.9 cm³/mol. The maximum atomic E-state index is 9.58. The van der Waals surface area contributed by atoms with Crippen LogP contribution >= 0.6 is 0 Å². The Balaban J connectivity index is 3.05. The van der Waals surface area contributed by atoms with Crippen molar-refractivity contribution in [1.29, 1.82) is 0 Å². The largest absolute Gasteiger partial charge is 0.508 e.